The first kappa shape index (κ1) is 46.4. The molecule has 2 aromatic heterocycles. The summed E-state index contributed by atoms with van der Waals surface area (Å²) in [7, 11) is -8.61. The van der Waals surface area contributed by atoms with Crippen LogP contribution in [0.5, 0.6) is 11.8 Å². The van der Waals surface area contributed by atoms with E-state index in [-0.39, 0.29) is 117 Å². The van der Waals surface area contributed by atoms with E-state index in [1.54, 1.807) is 30.3 Å². The number of hydrogen-bond acceptors (Lipinski definition) is 18. The topological polar surface area (TPSA) is 298 Å². The summed E-state index contributed by atoms with van der Waals surface area (Å²) in [5.41, 5.74) is 0.946. The number of anilines is 6. The second kappa shape index (κ2) is 17.9. The average Bonchev–Trinajstić information content (AvgIpc) is 3.08. The van der Waals surface area contributed by atoms with Crippen molar-refractivity contribution in [2.75, 3.05) is 16.0 Å². The summed E-state index contributed by atoms with van der Waals surface area (Å²) < 4.78 is 100. The average molecular weight is 860 g/mol. The number of fused-ring (bicyclic) bond motifs is 2. The van der Waals surface area contributed by atoms with Crippen LogP contribution in [0.25, 0.3) is 22.0 Å². The van der Waals surface area contributed by atoms with Crippen molar-refractivity contribution in [1.82, 2.24) is 19.5 Å². The Morgan fingerprint density at radius 2 is 1.40 bits per heavy atom. The molecule has 1 unspecified atom stereocenters. The summed E-state index contributed by atoms with van der Waals surface area (Å²) in [5.74, 6) is -1.82. The Balaban J connectivity index is 0.00000240. The molecule has 1 aliphatic rings. The number of carbonyl (C=O) groups excluding carboxylic acids is 1. The largest absolute Gasteiger partial charge is 1.00 e. The molecule has 4 aromatic carbocycles. The van der Waals surface area contributed by atoms with E-state index < -0.39 is 76.5 Å². The van der Waals surface area contributed by atoms with E-state index >= 15 is 0 Å². The number of hydrogen-bond donors (Lipinski definition) is 4. The fourth-order valence-corrected chi connectivity index (χ4v) is 7.26. The molecular formula is C32H20N7Na3O12S3. The Bertz CT molecular complexity index is 2920. The zero-order valence-electron chi connectivity index (χ0n) is 30.0. The third-order valence-corrected chi connectivity index (χ3v) is 10.2. The summed E-state index contributed by atoms with van der Waals surface area (Å²) >= 11 is -3.13. The van der Waals surface area contributed by atoms with Gasteiger partial charge in [0.15, 0.2) is 11.5 Å². The molecule has 57 heavy (non-hydrogen) atoms. The van der Waals surface area contributed by atoms with Crippen LogP contribution < -0.4 is 114 Å². The van der Waals surface area contributed by atoms with Gasteiger partial charge in [0.2, 0.25) is 11.9 Å². The van der Waals surface area contributed by atoms with Crippen molar-refractivity contribution in [3.63, 3.8) is 0 Å². The van der Waals surface area contributed by atoms with Crippen molar-refractivity contribution < 1.29 is 137 Å². The van der Waals surface area contributed by atoms with Crippen LogP contribution in [0.15, 0.2) is 93.4 Å². The molecule has 0 saturated carbocycles. The number of ketones is 1. The van der Waals surface area contributed by atoms with E-state index in [2.05, 4.69) is 35.1 Å². The van der Waals surface area contributed by atoms with E-state index in [4.69, 9.17) is 0 Å². The molecule has 1 aliphatic carbocycles. The van der Waals surface area contributed by atoms with E-state index in [0.717, 1.165) is 24.3 Å². The Morgan fingerprint density at radius 1 is 0.737 bits per heavy atom. The predicted octanol–water partition coefficient (Wildman–Crippen LogP) is -6.14. The maximum Gasteiger partial charge on any atom is 1.00 e. The summed E-state index contributed by atoms with van der Waals surface area (Å²) in [6, 6.07) is 15.9. The molecule has 2 heterocycles. The fourth-order valence-electron chi connectivity index (χ4n) is 5.86. The standard InChI is InChI=1S/C32H23N7O12S3.3Na/c1-39-23-9-8-20(28-27(23)19(14-26(39)40)17-4-2-3-5-18(17)29(28)41)34-22-12-15(6-11-25(22)54(48,49)50)33-30-36-31(38-32(42)37-30)35-21-13-16(53(45,46)47)7-10-24(21)51-52(43)44;;;/h2-14,34H,1H3,(H,43,44)(H,45,46,47)(H,48,49,50)(H3,33,35,36,37,38,42);;;/q;3*+1/p-3. The van der Waals surface area contributed by atoms with Gasteiger partial charge in [-0.1, -0.05) is 24.3 Å². The zero-order chi connectivity index (χ0) is 38.7. The van der Waals surface area contributed by atoms with Crippen molar-refractivity contribution in [2.45, 2.75) is 9.79 Å². The van der Waals surface area contributed by atoms with Crippen LogP contribution in [0.2, 0.25) is 0 Å². The molecule has 0 radical (unpaired) electrons. The minimum Gasteiger partial charge on any atom is -0.744 e. The minimum absolute atomic E-state index is 0. The number of aryl methyl sites for hydroxylation is 1. The number of rotatable bonds is 10. The molecule has 25 heteroatoms. The Kier molecular flexibility index (Phi) is 14.6. The maximum atomic E-state index is 14.0. The second-order valence-corrected chi connectivity index (χ2v) is 14.7. The van der Waals surface area contributed by atoms with Crippen LogP contribution >= 0.6 is 0 Å². The summed E-state index contributed by atoms with van der Waals surface area (Å²) in [5, 5.41) is 18.7. The fraction of sp³-hybridized carbons (Fsp3) is 0.0312. The van der Waals surface area contributed by atoms with Gasteiger partial charge in [0.25, 0.3) is 5.56 Å². The predicted molar refractivity (Wildman–Crippen MR) is 188 cm³/mol. The van der Waals surface area contributed by atoms with Crippen molar-refractivity contribution in [1.29, 1.82) is 0 Å². The first-order chi connectivity index (χ1) is 25.5. The Hall–Kier alpha value is -3.30. The van der Waals surface area contributed by atoms with Gasteiger partial charge in [-0.25, -0.2) is 21.0 Å². The van der Waals surface area contributed by atoms with E-state index in [0.29, 0.717) is 27.6 Å². The SMILES string of the molecule is Cn1c(=O)cc2c3c(c(Nc4cc(Nc5nc(O)nc(Nc6cc(S(=O)(=O)[O-])ccc6OS(=O)[O-])n5)ccc4S(=O)(=O)[O-])ccc31)C(=O)c1ccccc1-2.[Na+].[Na+].[Na+]. The van der Waals surface area contributed by atoms with Crippen LogP contribution in [0.1, 0.15) is 15.9 Å². The number of aromatic hydroxyl groups is 1. The smallest absolute Gasteiger partial charge is 0.744 e. The van der Waals surface area contributed by atoms with Gasteiger partial charge in [-0.15, -0.1) is 0 Å². The van der Waals surface area contributed by atoms with Gasteiger partial charge in [0.1, 0.15) is 31.6 Å². The van der Waals surface area contributed by atoms with Gasteiger partial charge in [-0.2, -0.15) is 15.0 Å². The number of nitrogens with one attached hydrogen (secondary N) is 3. The van der Waals surface area contributed by atoms with Crippen LogP contribution in [-0.2, 0) is 38.6 Å². The molecule has 7 rings (SSSR count). The molecule has 0 amide bonds. The third-order valence-electron chi connectivity index (χ3n) is 8.14. The van der Waals surface area contributed by atoms with Crippen molar-refractivity contribution in [3.05, 3.63) is 100 Å². The van der Waals surface area contributed by atoms with Crippen LogP contribution in [0, 0.1) is 0 Å². The molecular weight excluding hydrogens is 840 g/mol. The number of benzene rings is 4. The minimum atomic E-state index is -5.13. The Morgan fingerprint density at radius 3 is 2.05 bits per heavy atom. The second-order valence-electron chi connectivity index (χ2n) is 11.4. The molecule has 0 bridgehead atoms. The van der Waals surface area contributed by atoms with Gasteiger partial charge < -0.3 is 43.5 Å². The number of carbonyl (C=O) groups is 1. The monoisotopic (exact) mass is 859 g/mol. The van der Waals surface area contributed by atoms with Crippen molar-refractivity contribution in [3.8, 4) is 22.9 Å². The van der Waals surface area contributed by atoms with Crippen molar-refractivity contribution in [2.24, 2.45) is 7.05 Å². The number of aromatic nitrogens is 4. The first-order valence-electron chi connectivity index (χ1n) is 15.0. The molecule has 19 nitrogen and oxygen atoms in total. The number of pyridine rings is 1. The zero-order valence-corrected chi connectivity index (χ0v) is 38.4. The molecule has 0 saturated heterocycles. The normalized spacial score (nSPS) is 12.2. The Labute approximate surface area is 391 Å². The molecule has 0 spiro atoms. The first-order valence-corrected chi connectivity index (χ1v) is 18.8. The van der Waals surface area contributed by atoms with Crippen molar-refractivity contribution >= 4 is 82.9 Å². The van der Waals surface area contributed by atoms with Gasteiger partial charge in [0, 0.05) is 29.8 Å². The third kappa shape index (κ3) is 9.61. The maximum absolute atomic E-state index is 14.0. The van der Waals surface area contributed by atoms with Gasteiger partial charge in [0.05, 0.1) is 37.9 Å². The summed E-state index contributed by atoms with van der Waals surface area (Å²) in [4.78, 5) is 36.8. The molecule has 276 valence electrons. The van der Waals surface area contributed by atoms with E-state index in [1.165, 1.54) is 35.9 Å². The van der Waals surface area contributed by atoms with Gasteiger partial charge in [-0.05, 0) is 59.7 Å². The summed E-state index contributed by atoms with van der Waals surface area (Å²) in [6.07, 6.45) is 0. The van der Waals surface area contributed by atoms with Crippen LogP contribution in [-0.4, -0.2) is 65.1 Å². The van der Waals surface area contributed by atoms with Crippen LogP contribution in [0.4, 0.5) is 34.6 Å². The molecule has 1 atom stereocenters. The van der Waals surface area contributed by atoms with Gasteiger partial charge in [-0.3, -0.25) is 9.59 Å². The summed E-state index contributed by atoms with van der Waals surface area (Å²) in [6.45, 7) is 0. The number of nitrogens with zero attached hydrogens (tertiary/aromatic N) is 4. The quantitative estimate of drug-likeness (QED) is 0.0565. The van der Waals surface area contributed by atoms with Crippen LogP contribution in [0.3, 0.4) is 0 Å². The van der Waals surface area contributed by atoms with E-state index in [9.17, 15) is 49.4 Å². The molecule has 0 fully saturated rings. The van der Waals surface area contributed by atoms with E-state index in [1.807, 2.05) is 0 Å². The molecule has 6 aromatic rings. The van der Waals surface area contributed by atoms with Gasteiger partial charge >= 0.3 is 94.7 Å². The molecule has 0 aliphatic heterocycles. The molecule has 4 N–H and O–H groups in total.